The van der Waals surface area contributed by atoms with E-state index < -0.39 is 48.3 Å². The normalized spacial score (nSPS) is 37.6. The Morgan fingerprint density at radius 3 is 2.53 bits per heavy atom. The molecule has 0 amide bonds. The Kier molecular flexibility index (Phi) is 4.64. The maximum Gasteiger partial charge on any atom is 0.167 e. The molecule has 3 fully saturated rings. The standard InChI is InChI=1S/C19H25ClN4O6/c1-8-22-15(20)10-16(23-8)24(7-21-10)17-11(25)13-14(30-19(4,5)29-13)12-9(27-17)6-26-18(2,3)28-12/h7,9,11-14,17,25H,6H2,1-5H3/t9?,11?,12-,13?,14-,17+/m0/s1. The topological polar surface area (TPSA) is 110 Å². The summed E-state index contributed by atoms with van der Waals surface area (Å²) in [6, 6.07) is 0. The molecule has 11 heteroatoms. The van der Waals surface area contributed by atoms with Gasteiger partial charge in [-0.1, -0.05) is 11.6 Å². The lowest BCUT2D eigenvalue weighted by atomic mass is 9.99. The van der Waals surface area contributed by atoms with Crippen LogP contribution in [-0.4, -0.2) is 73.3 Å². The average molecular weight is 441 g/mol. The summed E-state index contributed by atoms with van der Waals surface area (Å²) in [6.07, 6.45) is -2.64. The van der Waals surface area contributed by atoms with Gasteiger partial charge in [-0.05, 0) is 34.6 Å². The number of aryl methyl sites for hydroxylation is 1. The van der Waals surface area contributed by atoms with Gasteiger partial charge in [-0.25, -0.2) is 15.0 Å². The molecule has 5 heterocycles. The van der Waals surface area contributed by atoms with Gasteiger partial charge in [0.15, 0.2) is 28.6 Å². The van der Waals surface area contributed by atoms with Gasteiger partial charge < -0.3 is 28.8 Å². The fraction of sp³-hybridized carbons (Fsp3) is 0.737. The van der Waals surface area contributed by atoms with Crippen molar-refractivity contribution in [3.63, 3.8) is 0 Å². The molecule has 164 valence electrons. The van der Waals surface area contributed by atoms with Crippen molar-refractivity contribution in [2.75, 3.05) is 6.61 Å². The minimum absolute atomic E-state index is 0.239. The molecule has 0 bridgehead atoms. The van der Waals surface area contributed by atoms with Crippen molar-refractivity contribution in [3.05, 3.63) is 17.3 Å². The molecule has 2 aromatic rings. The van der Waals surface area contributed by atoms with E-state index in [0.717, 1.165) is 0 Å². The summed E-state index contributed by atoms with van der Waals surface area (Å²) < 4.78 is 32.2. The van der Waals surface area contributed by atoms with E-state index in [9.17, 15) is 5.11 Å². The van der Waals surface area contributed by atoms with Gasteiger partial charge in [-0.15, -0.1) is 0 Å². The van der Waals surface area contributed by atoms with Crippen LogP contribution in [0, 0.1) is 6.92 Å². The molecule has 0 spiro atoms. The van der Waals surface area contributed by atoms with Crippen molar-refractivity contribution in [1.82, 2.24) is 19.5 Å². The summed E-state index contributed by atoms with van der Waals surface area (Å²) in [5.74, 6) is -1.20. The smallest absolute Gasteiger partial charge is 0.167 e. The zero-order valence-corrected chi connectivity index (χ0v) is 18.2. The number of ether oxygens (including phenoxy) is 5. The monoisotopic (exact) mass is 440 g/mol. The maximum atomic E-state index is 11.3. The van der Waals surface area contributed by atoms with Gasteiger partial charge in [-0.2, -0.15) is 0 Å². The van der Waals surface area contributed by atoms with Crippen LogP contribution >= 0.6 is 11.6 Å². The number of halogens is 1. The zero-order valence-electron chi connectivity index (χ0n) is 17.4. The zero-order chi connectivity index (χ0) is 21.4. The molecular formula is C19H25ClN4O6. The summed E-state index contributed by atoms with van der Waals surface area (Å²) in [4.78, 5) is 12.9. The fourth-order valence-corrected chi connectivity index (χ4v) is 4.62. The van der Waals surface area contributed by atoms with E-state index >= 15 is 0 Å². The molecule has 0 saturated carbocycles. The summed E-state index contributed by atoms with van der Waals surface area (Å²) in [5, 5.41) is 11.6. The van der Waals surface area contributed by atoms with Crippen LogP contribution in [0.4, 0.5) is 0 Å². The highest BCUT2D eigenvalue weighted by Crippen LogP contribution is 2.43. The van der Waals surface area contributed by atoms with Crippen molar-refractivity contribution in [2.45, 2.75) is 82.9 Å². The number of hydrogen-bond acceptors (Lipinski definition) is 9. The van der Waals surface area contributed by atoms with E-state index in [2.05, 4.69) is 15.0 Å². The average Bonchev–Trinajstić information content (AvgIpc) is 3.18. The lowest BCUT2D eigenvalue weighted by molar-refractivity contribution is -0.332. The van der Waals surface area contributed by atoms with E-state index in [4.69, 9.17) is 35.3 Å². The summed E-state index contributed by atoms with van der Waals surface area (Å²) in [7, 11) is 0. The van der Waals surface area contributed by atoms with Crippen LogP contribution in [0.5, 0.6) is 0 Å². The number of aromatic nitrogens is 4. The molecule has 6 atom stereocenters. The minimum Gasteiger partial charge on any atom is -0.386 e. The Labute approximate surface area is 178 Å². The maximum absolute atomic E-state index is 11.3. The highest BCUT2D eigenvalue weighted by molar-refractivity contribution is 6.33. The first-order valence-electron chi connectivity index (χ1n) is 9.92. The third-order valence-electron chi connectivity index (χ3n) is 5.58. The quantitative estimate of drug-likeness (QED) is 0.662. The van der Waals surface area contributed by atoms with Gasteiger partial charge in [0.05, 0.1) is 12.9 Å². The Morgan fingerprint density at radius 2 is 1.77 bits per heavy atom. The number of imidazole rings is 1. The second-order valence-corrected chi connectivity index (χ2v) is 9.16. The first kappa shape index (κ1) is 20.5. The summed E-state index contributed by atoms with van der Waals surface area (Å²) in [5.41, 5.74) is 0.888. The van der Waals surface area contributed by atoms with E-state index in [1.165, 1.54) is 6.33 Å². The predicted octanol–water partition coefficient (Wildman–Crippen LogP) is 1.72. The SMILES string of the molecule is Cc1nc(Cl)c2ncn([C@@H]3OC4COC(C)(C)O[C@@H]4[C@@H]4OC(C)(C)OC4C3O)c2n1. The molecular weight excluding hydrogens is 416 g/mol. The van der Waals surface area contributed by atoms with Crippen LogP contribution in [0.25, 0.3) is 11.2 Å². The van der Waals surface area contributed by atoms with Gasteiger partial charge in [0, 0.05) is 0 Å². The fourth-order valence-electron chi connectivity index (χ4n) is 4.37. The van der Waals surface area contributed by atoms with Crippen molar-refractivity contribution in [3.8, 4) is 0 Å². The van der Waals surface area contributed by atoms with Crippen molar-refractivity contribution in [1.29, 1.82) is 0 Å². The van der Waals surface area contributed by atoms with E-state index in [0.29, 0.717) is 17.0 Å². The molecule has 1 N–H and O–H groups in total. The minimum atomic E-state index is -1.08. The summed E-state index contributed by atoms with van der Waals surface area (Å²) in [6.45, 7) is 9.31. The molecule has 0 radical (unpaired) electrons. The van der Waals surface area contributed by atoms with Gasteiger partial charge in [0.25, 0.3) is 0 Å². The molecule has 3 aliphatic rings. The van der Waals surface area contributed by atoms with Gasteiger partial charge >= 0.3 is 0 Å². The molecule has 3 saturated heterocycles. The van der Waals surface area contributed by atoms with Crippen LogP contribution < -0.4 is 0 Å². The van der Waals surface area contributed by atoms with Crippen LogP contribution in [0.2, 0.25) is 5.15 Å². The number of hydrogen-bond donors (Lipinski definition) is 1. The van der Waals surface area contributed by atoms with Crippen LogP contribution in [0.15, 0.2) is 6.33 Å². The third kappa shape index (κ3) is 3.31. The number of aliphatic hydroxyl groups is 1. The Hall–Kier alpha value is -1.40. The Morgan fingerprint density at radius 1 is 1.07 bits per heavy atom. The van der Waals surface area contributed by atoms with Crippen molar-refractivity contribution in [2.24, 2.45) is 0 Å². The number of rotatable bonds is 1. The van der Waals surface area contributed by atoms with Crippen molar-refractivity contribution >= 4 is 22.8 Å². The Bertz CT molecular complexity index is 981. The molecule has 0 aliphatic carbocycles. The lowest BCUT2D eigenvalue weighted by Gasteiger charge is -2.42. The molecule has 10 nitrogen and oxygen atoms in total. The van der Waals surface area contributed by atoms with Crippen LogP contribution in [0.1, 0.15) is 39.7 Å². The van der Waals surface area contributed by atoms with E-state index in [-0.39, 0.29) is 11.8 Å². The Balaban J connectivity index is 1.59. The third-order valence-corrected chi connectivity index (χ3v) is 5.84. The number of nitrogens with zero attached hydrogens (tertiary/aromatic N) is 4. The lowest BCUT2D eigenvalue weighted by Crippen LogP contribution is -2.55. The highest BCUT2D eigenvalue weighted by Gasteiger charge is 2.58. The second kappa shape index (κ2) is 6.80. The number of aliphatic hydroxyl groups excluding tert-OH is 1. The van der Waals surface area contributed by atoms with Gasteiger partial charge in [-0.3, -0.25) is 4.57 Å². The predicted molar refractivity (Wildman–Crippen MR) is 104 cm³/mol. The molecule has 3 aliphatic heterocycles. The highest BCUT2D eigenvalue weighted by atomic mass is 35.5. The second-order valence-electron chi connectivity index (χ2n) is 8.80. The van der Waals surface area contributed by atoms with Gasteiger partial charge in [0.1, 0.15) is 41.9 Å². The molecule has 30 heavy (non-hydrogen) atoms. The van der Waals surface area contributed by atoms with E-state index in [1.807, 2.05) is 27.7 Å². The molecule has 2 aromatic heterocycles. The molecule has 0 aromatic carbocycles. The first-order valence-corrected chi connectivity index (χ1v) is 10.3. The number of fused-ring (bicyclic) bond motifs is 4. The molecule has 3 unspecified atom stereocenters. The van der Waals surface area contributed by atoms with Gasteiger partial charge in [0.2, 0.25) is 0 Å². The first-order chi connectivity index (χ1) is 14.0. The van der Waals surface area contributed by atoms with Crippen LogP contribution in [-0.2, 0) is 23.7 Å². The largest absolute Gasteiger partial charge is 0.386 e. The van der Waals surface area contributed by atoms with Crippen LogP contribution in [0.3, 0.4) is 0 Å². The van der Waals surface area contributed by atoms with E-state index in [1.54, 1.807) is 11.5 Å². The molecule has 5 rings (SSSR count). The summed E-state index contributed by atoms with van der Waals surface area (Å²) >= 11 is 6.24. The van der Waals surface area contributed by atoms with Crippen molar-refractivity contribution < 1.29 is 28.8 Å².